The minimum absolute atomic E-state index is 0.0391. The summed E-state index contributed by atoms with van der Waals surface area (Å²) in [5, 5.41) is 13.1. The number of hydrogen-bond acceptors (Lipinski definition) is 8. The highest BCUT2D eigenvalue weighted by Crippen LogP contribution is 2.44. The van der Waals surface area contributed by atoms with Crippen molar-refractivity contribution in [3.63, 3.8) is 0 Å². The van der Waals surface area contributed by atoms with E-state index in [4.69, 9.17) is 14.5 Å². The average molecular weight is 761 g/mol. The number of aliphatic hydroxyl groups is 1. The quantitative estimate of drug-likeness (QED) is 0.0295. The van der Waals surface area contributed by atoms with E-state index in [1.54, 1.807) is 23.9 Å². The number of carbonyl (C=O) groups excluding carboxylic acids is 1. The molecule has 0 aliphatic carbocycles. The van der Waals surface area contributed by atoms with Crippen LogP contribution in [0.15, 0.2) is 178 Å². The third-order valence-corrected chi connectivity index (χ3v) is 10.5. The molecule has 1 aliphatic rings. The Morgan fingerprint density at radius 2 is 1.45 bits per heavy atom. The van der Waals surface area contributed by atoms with Gasteiger partial charge in [0.1, 0.15) is 5.75 Å². The number of ether oxygens (including phenoxy) is 2. The van der Waals surface area contributed by atoms with E-state index >= 15 is 0 Å². The second-order valence-electron chi connectivity index (χ2n) is 13.1. The van der Waals surface area contributed by atoms with Gasteiger partial charge in [-0.2, -0.15) is 0 Å². The maximum absolute atomic E-state index is 14.9. The molecule has 0 spiro atoms. The maximum Gasteiger partial charge on any atom is 0.266 e. The van der Waals surface area contributed by atoms with Crippen LogP contribution in [-0.4, -0.2) is 35.7 Å². The Labute approximate surface area is 329 Å². The molecule has 1 heterocycles. The van der Waals surface area contributed by atoms with Crippen LogP contribution in [0.4, 0.5) is 5.69 Å². The first-order valence-corrected chi connectivity index (χ1v) is 19.1. The molecule has 0 fully saturated rings. The predicted molar refractivity (Wildman–Crippen MR) is 220 cm³/mol. The minimum atomic E-state index is -1.55. The summed E-state index contributed by atoms with van der Waals surface area (Å²) in [5.41, 5.74) is 19.6. The van der Waals surface area contributed by atoms with Crippen molar-refractivity contribution in [3.8, 4) is 16.9 Å². The van der Waals surface area contributed by atoms with Crippen LogP contribution in [0.25, 0.3) is 21.6 Å². The molecule has 10 nitrogen and oxygen atoms in total. The summed E-state index contributed by atoms with van der Waals surface area (Å²) in [6.45, 7) is 0.765. The van der Waals surface area contributed by atoms with Gasteiger partial charge < -0.3 is 14.6 Å². The van der Waals surface area contributed by atoms with Crippen molar-refractivity contribution >= 4 is 29.3 Å². The number of aliphatic hydroxyl groups excluding tert-OH is 1. The number of carbonyl (C=O) groups is 1. The fourth-order valence-electron chi connectivity index (χ4n) is 6.55. The van der Waals surface area contributed by atoms with Crippen LogP contribution in [0.2, 0.25) is 0 Å². The molecule has 1 amide bonds. The second kappa shape index (κ2) is 18.3. The van der Waals surface area contributed by atoms with Crippen LogP contribution in [-0.2, 0) is 22.5 Å². The maximum atomic E-state index is 14.9. The van der Waals surface area contributed by atoms with E-state index in [-0.39, 0.29) is 18.9 Å². The minimum Gasteiger partial charge on any atom is -0.494 e. The Kier molecular flexibility index (Phi) is 12.4. The van der Waals surface area contributed by atoms with Gasteiger partial charge in [-0.05, 0) is 75.8 Å². The number of nitrogens with zero attached hydrogens (tertiary/aromatic N) is 4. The van der Waals surface area contributed by atoms with E-state index in [0.717, 1.165) is 32.0 Å². The van der Waals surface area contributed by atoms with Gasteiger partial charge in [0.15, 0.2) is 11.6 Å². The van der Waals surface area contributed by atoms with Crippen molar-refractivity contribution in [2.45, 2.75) is 40.8 Å². The lowest BCUT2D eigenvalue weighted by atomic mass is 9.81. The number of rotatable bonds is 16. The molecule has 0 saturated carbocycles. The summed E-state index contributed by atoms with van der Waals surface area (Å²) in [6, 6.07) is 50.7. The number of hydrazine groups is 1. The molecular formula is C45H40N6O4S. The second-order valence-corrected chi connectivity index (χ2v) is 14.2. The van der Waals surface area contributed by atoms with Gasteiger partial charge in [0, 0.05) is 51.9 Å². The first kappa shape index (κ1) is 37.9. The molecule has 56 heavy (non-hydrogen) atoms. The molecule has 280 valence electrons. The number of azide groups is 1. The fraction of sp³-hybridized carbons (Fsp3) is 0.156. The Balaban J connectivity index is 1.26. The summed E-state index contributed by atoms with van der Waals surface area (Å²) in [4.78, 5) is 25.3. The Hall–Kier alpha value is -6.36. The summed E-state index contributed by atoms with van der Waals surface area (Å²) in [5.74, 6) is 0.499. The SMILES string of the molecule is [N-]=[N+]=Nc1ccccc1C[C@]1(C(=O)NNCc2ccccc2Sc2ccccc2)N=C(c2ccc(OCCCO)cc2)O[C@H]1c1ccc(-c2ccccc2)cc1. The average Bonchev–Trinajstić information content (AvgIpc) is 3.63. The van der Waals surface area contributed by atoms with Crippen LogP contribution < -0.4 is 15.6 Å². The normalized spacial score (nSPS) is 15.9. The zero-order valence-corrected chi connectivity index (χ0v) is 31.3. The van der Waals surface area contributed by atoms with Gasteiger partial charge in [-0.1, -0.05) is 132 Å². The van der Waals surface area contributed by atoms with Crippen LogP contribution in [0.5, 0.6) is 5.75 Å². The third kappa shape index (κ3) is 8.94. The molecule has 6 aromatic carbocycles. The number of nitrogens with one attached hydrogen (secondary N) is 2. The van der Waals surface area contributed by atoms with E-state index in [0.29, 0.717) is 42.1 Å². The van der Waals surface area contributed by atoms with Gasteiger partial charge in [-0.25, -0.2) is 10.4 Å². The predicted octanol–water partition coefficient (Wildman–Crippen LogP) is 9.53. The van der Waals surface area contributed by atoms with E-state index in [9.17, 15) is 15.4 Å². The van der Waals surface area contributed by atoms with E-state index in [1.807, 2.05) is 127 Å². The summed E-state index contributed by atoms with van der Waals surface area (Å²) < 4.78 is 12.5. The molecule has 0 saturated heterocycles. The molecule has 6 aromatic rings. The van der Waals surface area contributed by atoms with Gasteiger partial charge in [-0.15, -0.1) is 0 Å². The molecule has 7 rings (SSSR count). The topological polar surface area (TPSA) is 141 Å². The Morgan fingerprint density at radius 1 is 0.804 bits per heavy atom. The van der Waals surface area contributed by atoms with Crippen molar-refractivity contribution in [2.75, 3.05) is 13.2 Å². The molecular weight excluding hydrogens is 721 g/mol. The van der Waals surface area contributed by atoms with Crippen LogP contribution in [0.3, 0.4) is 0 Å². The van der Waals surface area contributed by atoms with E-state index in [2.05, 4.69) is 39.1 Å². The van der Waals surface area contributed by atoms with Crippen molar-refractivity contribution in [1.82, 2.24) is 10.9 Å². The number of aliphatic imine (C=N–C) groups is 1. The highest BCUT2D eigenvalue weighted by atomic mass is 32.2. The van der Waals surface area contributed by atoms with Gasteiger partial charge in [0.25, 0.3) is 5.91 Å². The number of amides is 1. The third-order valence-electron chi connectivity index (χ3n) is 9.38. The van der Waals surface area contributed by atoms with E-state index < -0.39 is 17.6 Å². The Bertz CT molecular complexity index is 2320. The first-order chi connectivity index (χ1) is 27.6. The standard InChI is InChI=1S/C45H40N6O4S/c46-51-49-40-18-9-7-14-36(40)30-45(44(53)50-47-31-37-15-8-10-19-41(37)56-39-16-5-2-6-17-39)42(34-22-20-33(21-23-34)32-12-3-1-4-13-32)55-43(48-45)35-24-26-38(27-25-35)54-29-11-28-52/h1-10,12-27,42,47,52H,11,28-31H2,(H,50,53)/t42-,45-/m0/s1. The van der Waals surface area contributed by atoms with Crippen molar-refractivity contribution in [3.05, 3.63) is 190 Å². The van der Waals surface area contributed by atoms with Gasteiger partial charge in [-0.3, -0.25) is 10.2 Å². The van der Waals surface area contributed by atoms with Gasteiger partial charge >= 0.3 is 0 Å². The molecule has 0 aromatic heterocycles. The largest absolute Gasteiger partial charge is 0.494 e. The lowest BCUT2D eigenvalue weighted by Gasteiger charge is -2.31. The molecule has 11 heteroatoms. The smallest absolute Gasteiger partial charge is 0.266 e. The lowest BCUT2D eigenvalue weighted by Crippen LogP contribution is -2.53. The molecule has 1 aliphatic heterocycles. The fourth-order valence-corrected chi connectivity index (χ4v) is 7.52. The molecule has 0 radical (unpaired) electrons. The Morgan fingerprint density at radius 3 is 2.18 bits per heavy atom. The highest BCUT2D eigenvalue weighted by molar-refractivity contribution is 7.99. The zero-order chi connectivity index (χ0) is 38.6. The number of benzene rings is 6. The first-order valence-electron chi connectivity index (χ1n) is 18.3. The van der Waals surface area contributed by atoms with E-state index in [1.165, 1.54) is 0 Å². The number of hydrogen-bond donors (Lipinski definition) is 3. The monoisotopic (exact) mass is 760 g/mol. The summed E-state index contributed by atoms with van der Waals surface area (Å²) in [6.07, 6.45) is -0.291. The van der Waals surface area contributed by atoms with Crippen LogP contribution in [0, 0.1) is 0 Å². The van der Waals surface area contributed by atoms with Gasteiger partial charge in [0.05, 0.1) is 6.61 Å². The van der Waals surface area contributed by atoms with Crippen LogP contribution >= 0.6 is 11.8 Å². The summed E-state index contributed by atoms with van der Waals surface area (Å²) >= 11 is 1.65. The lowest BCUT2D eigenvalue weighted by molar-refractivity contribution is -0.130. The molecule has 2 atom stereocenters. The highest BCUT2D eigenvalue weighted by Gasteiger charge is 2.53. The van der Waals surface area contributed by atoms with Crippen molar-refractivity contribution in [2.24, 2.45) is 10.1 Å². The van der Waals surface area contributed by atoms with Crippen LogP contribution in [0.1, 0.15) is 34.8 Å². The summed E-state index contributed by atoms with van der Waals surface area (Å²) in [7, 11) is 0. The van der Waals surface area contributed by atoms with Crippen molar-refractivity contribution in [1.29, 1.82) is 0 Å². The zero-order valence-electron chi connectivity index (χ0n) is 30.5. The van der Waals surface area contributed by atoms with Gasteiger partial charge in [0.2, 0.25) is 5.90 Å². The molecule has 3 N–H and O–H groups in total. The molecule has 0 bridgehead atoms. The van der Waals surface area contributed by atoms with Crippen molar-refractivity contribution < 1.29 is 19.4 Å². The molecule has 0 unspecified atom stereocenters.